The Balaban J connectivity index is 2.32. The maximum atomic E-state index is 13.2. The molecule has 4 heteroatoms. The molecule has 1 N–H and O–H groups in total. The molecule has 1 aromatic carbocycles. The zero-order valence-electron chi connectivity index (χ0n) is 9.48. The van der Waals surface area contributed by atoms with Gasteiger partial charge in [-0.2, -0.15) is 0 Å². The summed E-state index contributed by atoms with van der Waals surface area (Å²) < 4.78 is 13.2. The molecule has 0 spiro atoms. The van der Waals surface area contributed by atoms with Crippen LogP contribution in [0.1, 0.15) is 13.3 Å². The molecule has 1 heterocycles. The molecule has 0 aromatic heterocycles. The summed E-state index contributed by atoms with van der Waals surface area (Å²) in [6.45, 7) is 2.31. The second kappa shape index (κ2) is 4.63. The molecule has 16 heavy (non-hydrogen) atoms. The van der Waals surface area contributed by atoms with E-state index in [1.54, 1.807) is 17.8 Å². The van der Waals surface area contributed by atoms with Crippen molar-refractivity contribution in [3.63, 3.8) is 0 Å². The number of anilines is 1. The molecule has 0 bridgehead atoms. The van der Waals surface area contributed by atoms with E-state index in [0.717, 1.165) is 17.0 Å². The first-order chi connectivity index (χ1) is 7.63. The van der Waals surface area contributed by atoms with Gasteiger partial charge in [-0.1, -0.05) is 0 Å². The van der Waals surface area contributed by atoms with Crippen LogP contribution in [0.2, 0.25) is 0 Å². The van der Waals surface area contributed by atoms with Crippen molar-refractivity contribution in [3.8, 4) is 0 Å². The maximum Gasteiger partial charge on any atom is 0.125 e. The highest BCUT2D eigenvalue weighted by Gasteiger charge is 2.29. The lowest BCUT2D eigenvalue weighted by Crippen LogP contribution is -2.41. The number of halogens is 1. The van der Waals surface area contributed by atoms with E-state index in [4.69, 9.17) is 5.11 Å². The van der Waals surface area contributed by atoms with E-state index in [0.29, 0.717) is 11.3 Å². The number of nitrogens with zero attached hydrogens (tertiary/aromatic N) is 1. The van der Waals surface area contributed by atoms with Crippen LogP contribution in [-0.4, -0.2) is 30.1 Å². The summed E-state index contributed by atoms with van der Waals surface area (Å²) in [4.78, 5) is 3.19. The van der Waals surface area contributed by atoms with Crippen LogP contribution in [0, 0.1) is 5.82 Å². The van der Waals surface area contributed by atoms with Gasteiger partial charge in [0, 0.05) is 29.8 Å². The first-order valence-corrected chi connectivity index (χ1v) is 6.31. The predicted molar refractivity (Wildman–Crippen MR) is 65.6 cm³/mol. The van der Waals surface area contributed by atoms with E-state index in [2.05, 4.69) is 11.8 Å². The highest BCUT2D eigenvalue weighted by Crippen LogP contribution is 2.42. The Morgan fingerprint density at radius 1 is 1.50 bits per heavy atom. The van der Waals surface area contributed by atoms with Gasteiger partial charge in [0.25, 0.3) is 0 Å². The molecule has 2 unspecified atom stereocenters. The number of benzene rings is 1. The van der Waals surface area contributed by atoms with Crippen molar-refractivity contribution < 1.29 is 9.50 Å². The Hall–Kier alpha value is -0.740. The van der Waals surface area contributed by atoms with Gasteiger partial charge >= 0.3 is 0 Å². The third-order valence-electron chi connectivity index (χ3n) is 3.14. The molecule has 1 aliphatic rings. The minimum absolute atomic E-state index is 0.195. The average Bonchev–Trinajstić information content (AvgIpc) is 2.27. The molecule has 0 aliphatic carbocycles. The van der Waals surface area contributed by atoms with E-state index >= 15 is 0 Å². The van der Waals surface area contributed by atoms with Gasteiger partial charge in [-0.25, -0.2) is 4.39 Å². The van der Waals surface area contributed by atoms with Crippen LogP contribution >= 0.6 is 11.8 Å². The van der Waals surface area contributed by atoms with Gasteiger partial charge in [0.1, 0.15) is 5.82 Å². The monoisotopic (exact) mass is 241 g/mol. The molecule has 2 rings (SSSR count). The first-order valence-electron chi connectivity index (χ1n) is 5.43. The van der Waals surface area contributed by atoms with Crippen molar-refractivity contribution in [1.29, 1.82) is 0 Å². The summed E-state index contributed by atoms with van der Waals surface area (Å²) >= 11 is 1.73. The molecule has 0 radical (unpaired) electrons. The van der Waals surface area contributed by atoms with Crippen LogP contribution in [0.3, 0.4) is 0 Å². The van der Waals surface area contributed by atoms with Crippen molar-refractivity contribution in [2.24, 2.45) is 0 Å². The lowest BCUT2D eigenvalue weighted by atomic mass is 10.1. The minimum Gasteiger partial charge on any atom is -0.396 e. The van der Waals surface area contributed by atoms with E-state index < -0.39 is 0 Å². The molecule has 2 atom stereocenters. The fourth-order valence-corrected chi connectivity index (χ4v) is 3.42. The van der Waals surface area contributed by atoms with Gasteiger partial charge in [-0.15, -0.1) is 11.8 Å². The molecule has 0 saturated carbocycles. The van der Waals surface area contributed by atoms with Gasteiger partial charge < -0.3 is 10.0 Å². The van der Waals surface area contributed by atoms with E-state index in [-0.39, 0.29) is 12.4 Å². The standard InChI is InChI=1S/C12H16FNOS/c1-8-11(5-6-15)16-12-4-3-9(13)7-10(12)14(8)2/h3-4,7-8,11,15H,5-6H2,1-2H3. The number of fused-ring (bicyclic) bond motifs is 1. The number of aliphatic hydroxyl groups is 1. The number of hydrogen-bond donors (Lipinski definition) is 1. The maximum absolute atomic E-state index is 13.2. The van der Waals surface area contributed by atoms with Crippen molar-refractivity contribution in [2.45, 2.75) is 29.5 Å². The van der Waals surface area contributed by atoms with Crippen LogP contribution in [-0.2, 0) is 0 Å². The summed E-state index contributed by atoms with van der Waals surface area (Å²) in [5.74, 6) is -0.195. The number of aliphatic hydroxyl groups excluding tert-OH is 1. The molecule has 0 saturated heterocycles. The van der Waals surface area contributed by atoms with E-state index in [1.165, 1.54) is 6.07 Å². The van der Waals surface area contributed by atoms with E-state index in [1.807, 2.05) is 13.1 Å². The van der Waals surface area contributed by atoms with Gasteiger partial charge in [0.15, 0.2) is 0 Å². The number of thioether (sulfide) groups is 1. The predicted octanol–water partition coefficient (Wildman–Crippen LogP) is 2.51. The Kier molecular flexibility index (Phi) is 3.40. The Bertz CT molecular complexity index is 385. The smallest absolute Gasteiger partial charge is 0.125 e. The van der Waals surface area contributed by atoms with E-state index in [9.17, 15) is 4.39 Å². The fraction of sp³-hybridized carbons (Fsp3) is 0.500. The minimum atomic E-state index is -0.195. The zero-order valence-corrected chi connectivity index (χ0v) is 10.3. The van der Waals surface area contributed by atoms with Crippen molar-refractivity contribution in [2.75, 3.05) is 18.6 Å². The number of hydrogen-bond acceptors (Lipinski definition) is 3. The second-order valence-electron chi connectivity index (χ2n) is 4.13. The SMILES string of the molecule is CC1C(CCO)Sc2ccc(F)cc2N1C. The zero-order chi connectivity index (χ0) is 11.7. The van der Waals surface area contributed by atoms with Crippen molar-refractivity contribution in [1.82, 2.24) is 0 Å². The van der Waals surface area contributed by atoms with Crippen LogP contribution in [0.4, 0.5) is 10.1 Å². The van der Waals surface area contributed by atoms with Crippen molar-refractivity contribution >= 4 is 17.4 Å². The van der Waals surface area contributed by atoms with Crippen LogP contribution < -0.4 is 4.90 Å². The molecular weight excluding hydrogens is 225 g/mol. The highest BCUT2D eigenvalue weighted by atomic mass is 32.2. The van der Waals surface area contributed by atoms with Gasteiger partial charge in [0.2, 0.25) is 0 Å². The molecule has 1 aromatic rings. The first kappa shape index (κ1) is 11.7. The third-order valence-corrected chi connectivity index (χ3v) is 4.67. The second-order valence-corrected chi connectivity index (χ2v) is 5.41. The van der Waals surface area contributed by atoms with Crippen molar-refractivity contribution in [3.05, 3.63) is 24.0 Å². The summed E-state index contributed by atoms with van der Waals surface area (Å²) in [6, 6.07) is 5.20. The van der Waals surface area contributed by atoms with Gasteiger partial charge in [-0.3, -0.25) is 0 Å². The summed E-state index contributed by atoms with van der Waals surface area (Å²) in [5.41, 5.74) is 0.951. The highest BCUT2D eigenvalue weighted by molar-refractivity contribution is 8.00. The largest absolute Gasteiger partial charge is 0.396 e. The fourth-order valence-electron chi connectivity index (χ4n) is 2.02. The van der Waals surface area contributed by atoms with Crippen LogP contribution in [0.15, 0.2) is 23.1 Å². The Morgan fingerprint density at radius 2 is 2.25 bits per heavy atom. The molecule has 1 aliphatic heterocycles. The molecule has 0 fully saturated rings. The van der Waals surface area contributed by atoms with Gasteiger partial charge in [-0.05, 0) is 31.5 Å². The Morgan fingerprint density at radius 3 is 2.94 bits per heavy atom. The number of rotatable bonds is 2. The Labute approximate surface area is 99.5 Å². The molecule has 0 amide bonds. The summed E-state index contributed by atoms with van der Waals surface area (Å²) in [7, 11) is 1.98. The third kappa shape index (κ3) is 2.04. The topological polar surface area (TPSA) is 23.5 Å². The van der Waals surface area contributed by atoms with Crippen LogP contribution in [0.5, 0.6) is 0 Å². The van der Waals surface area contributed by atoms with Crippen LogP contribution in [0.25, 0.3) is 0 Å². The average molecular weight is 241 g/mol. The summed E-state index contributed by atoms with van der Waals surface area (Å²) in [5, 5.41) is 9.39. The quantitative estimate of drug-likeness (QED) is 0.860. The molecular formula is C12H16FNOS. The lowest BCUT2D eigenvalue weighted by molar-refractivity contribution is 0.282. The molecule has 88 valence electrons. The van der Waals surface area contributed by atoms with Gasteiger partial charge in [0.05, 0.1) is 5.69 Å². The normalized spacial score (nSPS) is 24.4. The summed E-state index contributed by atoms with van der Waals surface area (Å²) in [6.07, 6.45) is 0.771. The molecule has 2 nitrogen and oxygen atoms in total. The lowest BCUT2D eigenvalue weighted by Gasteiger charge is -2.39.